The third kappa shape index (κ3) is 4.72. The molecule has 116 valence electrons. The number of piperidine rings is 1. The first kappa shape index (κ1) is 15.8. The van der Waals surface area contributed by atoms with Gasteiger partial charge in [-0.25, -0.2) is 0 Å². The van der Waals surface area contributed by atoms with Crippen molar-refractivity contribution in [1.29, 1.82) is 0 Å². The molecule has 2 unspecified atom stereocenters. The Balaban J connectivity index is 1.91. The van der Waals surface area contributed by atoms with Crippen LogP contribution in [-0.4, -0.2) is 36.5 Å². The summed E-state index contributed by atoms with van der Waals surface area (Å²) in [7, 11) is 0. The molecule has 1 fully saturated rings. The number of amides is 1. The first-order valence-electron chi connectivity index (χ1n) is 7.52. The fraction of sp³-hybridized carbons (Fsp3) is 0.562. The highest BCUT2D eigenvalue weighted by molar-refractivity contribution is 5.75. The van der Waals surface area contributed by atoms with E-state index in [1.165, 1.54) is 18.4 Å². The van der Waals surface area contributed by atoms with E-state index in [4.69, 9.17) is 16.2 Å². The molecule has 1 heterocycles. The Bertz CT molecular complexity index is 461. The predicted octanol–water partition coefficient (Wildman–Crippen LogP) is 1.11. The standard InChI is InChI=1S/C16H25N3O2/c1-12-6-7-19(14(8-12)9-17)10-13-2-4-15(5-3-13)21-11-16(18)20/h2-5,12,14H,6-11,17H2,1H3,(H2,18,20). The summed E-state index contributed by atoms with van der Waals surface area (Å²) in [5, 5.41) is 0. The van der Waals surface area contributed by atoms with Gasteiger partial charge in [0.25, 0.3) is 5.91 Å². The van der Waals surface area contributed by atoms with Crippen molar-refractivity contribution >= 4 is 5.91 Å². The Labute approximate surface area is 126 Å². The van der Waals surface area contributed by atoms with Crippen LogP contribution in [0.25, 0.3) is 0 Å². The monoisotopic (exact) mass is 291 g/mol. The van der Waals surface area contributed by atoms with Crippen LogP contribution in [0, 0.1) is 5.92 Å². The highest BCUT2D eigenvalue weighted by Crippen LogP contribution is 2.24. The van der Waals surface area contributed by atoms with Crippen LogP contribution in [0.2, 0.25) is 0 Å². The number of primary amides is 1. The Kier molecular flexibility index (Phi) is 5.59. The number of carbonyl (C=O) groups is 1. The van der Waals surface area contributed by atoms with Crippen LogP contribution in [0.5, 0.6) is 5.75 Å². The third-order valence-electron chi connectivity index (χ3n) is 4.06. The van der Waals surface area contributed by atoms with Crippen LogP contribution >= 0.6 is 0 Å². The molecular weight excluding hydrogens is 266 g/mol. The number of rotatable bonds is 6. The van der Waals surface area contributed by atoms with Gasteiger partial charge in [0.05, 0.1) is 0 Å². The molecule has 1 aliphatic heterocycles. The number of hydrogen-bond donors (Lipinski definition) is 2. The Morgan fingerprint density at radius 1 is 1.38 bits per heavy atom. The summed E-state index contributed by atoms with van der Waals surface area (Å²) in [6, 6.07) is 8.29. The molecule has 0 bridgehead atoms. The van der Waals surface area contributed by atoms with E-state index in [2.05, 4.69) is 11.8 Å². The van der Waals surface area contributed by atoms with Crippen molar-refractivity contribution in [3.05, 3.63) is 29.8 Å². The first-order chi connectivity index (χ1) is 10.1. The zero-order valence-corrected chi connectivity index (χ0v) is 12.6. The van der Waals surface area contributed by atoms with Crippen molar-refractivity contribution in [2.24, 2.45) is 17.4 Å². The maximum Gasteiger partial charge on any atom is 0.255 e. The van der Waals surface area contributed by atoms with Crippen molar-refractivity contribution in [3.63, 3.8) is 0 Å². The molecule has 21 heavy (non-hydrogen) atoms. The molecule has 1 aromatic rings. The maximum atomic E-state index is 10.7. The van der Waals surface area contributed by atoms with Crippen LogP contribution in [0.4, 0.5) is 0 Å². The Hall–Kier alpha value is -1.59. The number of ether oxygens (including phenoxy) is 1. The number of nitrogens with two attached hydrogens (primary N) is 2. The van der Waals surface area contributed by atoms with Crippen LogP contribution in [0.3, 0.4) is 0 Å². The SMILES string of the molecule is CC1CCN(Cc2ccc(OCC(N)=O)cc2)C(CN)C1. The van der Waals surface area contributed by atoms with E-state index >= 15 is 0 Å². The van der Waals surface area contributed by atoms with Gasteiger partial charge in [0, 0.05) is 19.1 Å². The highest BCUT2D eigenvalue weighted by atomic mass is 16.5. The average molecular weight is 291 g/mol. The van der Waals surface area contributed by atoms with Gasteiger partial charge in [-0.2, -0.15) is 0 Å². The molecule has 0 aromatic heterocycles. The van der Waals surface area contributed by atoms with Crippen LogP contribution in [0.15, 0.2) is 24.3 Å². The zero-order chi connectivity index (χ0) is 15.2. The van der Waals surface area contributed by atoms with Crippen molar-refractivity contribution < 1.29 is 9.53 Å². The van der Waals surface area contributed by atoms with E-state index in [-0.39, 0.29) is 6.61 Å². The van der Waals surface area contributed by atoms with E-state index in [1.54, 1.807) is 0 Å². The summed E-state index contributed by atoms with van der Waals surface area (Å²) in [5.74, 6) is 0.965. The molecule has 1 saturated heterocycles. The van der Waals surface area contributed by atoms with E-state index in [1.807, 2.05) is 24.3 Å². The molecule has 4 N–H and O–H groups in total. The average Bonchev–Trinajstić information content (AvgIpc) is 2.48. The third-order valence-corrected chi connectivity index (χ3v) is 4.06. The van der Waals surface area contributed by atoms with Gasteiger partial charge in [0.2, 0.25) is 0 Å². The van der Waals surface area contributed by atoms with Crippen LogP contribution in [0.1, 0.15) is 25.3 Å². The van der Waals surface area contributed by atoms with Gasteiger partial charge in [-0.1, -0.05) is 19.1 Å². The normalized spacial score (nSPS) is 23.0. The lowest BCUT2D eigenvalue weighted by Crippen LogP contribution is -2.45. The quantitative estimate of drug-likeness (QED) is 0.822. The minimum Gasteiger partial charge on any atom is -0.484 e. The summed E-state index contributed by atoms with van der Waals surface area (Å²) in [6.45, 7) is 4.93. The van der Waals surface area contributed by atoms with Crippen LogP contribution in [-0.2, 0) is 11.3 Å². The summed E-state index contributed by atoms with van der Waals surface area (Å²) in [4.78, 5) is 13.1. The smallest absolute Gasteiger partial charge is 0.255 e. The summed E-state index contributed by atoms with van der Waals surface area (Å²) < 4.78 is 5.26. The minimum atomic E-state index is -0.465. The molecule has 0 aliphatic carbocycles. The topological polar surface area (TPSA) is 81.6 Å². The van der Waals surface area contributed by atoms with Crippen molar-refractivity contribution in [1.82, 2.24) is 4.90 Å². The second-order valence-corrected chi connectivity index (χ2v) is 5.89. The first-order valence-corrected chi connectivity index (χ1v) is 7.52. The van der Waals surface area contributed by atoms with E-state index in [0.29, 0.717) is 18.3 Å². The molecule has 1 aliphatic rings. The number of hydrogen-bond acceptors (Lipinski definition) is 4. The van der Waals surface area contributed by atoms with Crippen LogP contribution < -0.4 is 16.2 Å². The van der Waals surface area contributed by atoms with Crippen molar-refractivity contribution in [2.75, 3.05) is 19.7 Å². The molecule has 1 amide bonds. The number of likely N-dealkylation sites (tertiary alicyclic amines) is 1. The lowest BCUT2D eigenvalue weighted by Gasteiger charge is -2.38. The van der Waals surface area contributed by atoms with Gasteiger partial charge in [0.15, 0.2) is 6.61 Å². The fourth-order valence-electron chi connectivity index (χ4n) is 2.83. The summed E-state index contributed by atoms with van der Waals surface area (Å²) in [6.07, 6.45) is 2.41. The molecule has 5 heteroatoms. The Morgan fingerprint density at radius 3 is 2.71 bits per heavy atom. The lowest BCUT2D eigenvalue weighted by atomic mass is 9.92. The second kappa shape index (κ2) is 7.43. The molecule has 0 saturated carbocycles. The van der Waals surface area contributed by atoms with Crippen molar-refractivity contribution in [2.45, 2.75) is 32.4 Å². The molecular formula is C16H25N3O2. The molecule has 0 spiro atoms. The van der Waals surface area contributed by atoms with Gasteiger partial charge >= 0.3 is 0 Å². The number of benzene rings is 1. The van der Waals surface area contributed by atoms with Crippen molar-refractivity contribution in [3.8, 4) is 5.75 Å². The van der Waals surface area contributed by atoms with Gasteiger partial charge in [-0.05, 0) is 43.0 Å². The fourth-order valence-corrected chi connectivity index (χ4v) is 2.83. The summed E-state index contributed by atoms with van der Waals surface area (Å²) in [5.41, 5.74) is 12.2. The van der Waals surface area contributed by atoms with E-state index in [0.717, 1.165) is 19.0 Å². The molecule has 5 nitrogen and oxygen atoms in total. The second-order valence-electron chi connectivity index (χ2n) is 5.89. The van der Waals surface area contributed by atoms with Gasteiger partial charge in [-0.3, -0.25) is 9.69 Å². The van der Waals surface area contributed by atoms with E-state index in [9.17, 15) is 4.79 Å². The number of carbonyl (C=O) groups excluding carboxylic acids is 1. The summed E-state index contributed by atoms with van der Waals surface area (Å²) >= 11 is 0. The largest absolute Gasteiger partial charge is 0.484 e. The predicted molar refractivity (Wildman–Crippen MR) is 82.8 cm³/mol. The van der Waals surface area contributed by atoms with E-state index < -0.39 is 5.91 Å². The van der Waals surface area contributed by atoms with Gasteiger partial charge in [0.1, 0.15) is 5.75 Å². The maximum absolute atomic E-state index is 10.7. The minimum absolute atomic E-state index is 0.0847. The zero-order valence-electron chi connectivity index (χ0n) is 12.6. The molecule has 1 aromatic carbocycles. The van der Waals surface area contributed by atoms with Gasteiger partial charge < -0.3 is 16.2 Å². The molecule has 2 atom stereocenters. The Morgan fingerprint density at radius 2 is 2.10 bits per heavy atom. The number of nitrogens with zero attached hydrogens (tertiary/aromatic N) is 1. The lowest BCUT2D eigenvalue weighted by molar-refractivity contribution is -0.119. The van der Waals surface area contributed by atoms with Gasteiger partial charge in [-0.15, -0.1) is 0 Å². The molecule has 0 radical (unpaired) electrons. The highest BCUT2D eigenvalue weighted by Gasteiger charge is 2.24. The molecule has 2 rings (SSSR count).